The van der Waals surface area contributed by atoms with Crippen LogP contribution < -0.4 is 5.32 Å². The van der Waals surface area contributed by atoms with E-state index in [1.807, 2.05) is 0 Å². The summed E-state index contributed by atoms with van der Waals surface area (Å²) in [7, 11) is 0. The van der Waals surface area contributed by atoms with Gasteiger partial charge >= 0.3 is 0 Å². The first kappa shape index (κ1) is 9.79. The molecule has 1 unspecified atom stereocenters. The van der Waals surface area contributed by atoms with Crippen LogP contribution in [0, 0.1) is 5.41 Å². The van der Waals surface area contributed by atoms with Crippen LogP contribution >= 0.6 is 0 Å². The third-order valence-electron chi connectivity index (χ3n) is 2.19. The summed E-state index contributed by atoms with van der Waals surface area (Å²) < 4.78 is 0. The summed E-state index contributed by atoms with van der Waals surface area (Å²) in [6, 6.07) is 0.731. The average Bonchev–Trinajstić information content (AvgIpc) is 2.02. The van der Waals surface area contributed by atoms with Gasteiger partial charge in [-0.15, -0.1) is 0 Å². The molecule has 1 atom stereocenters. The maximum atomic E-state index is 3.61. The zero-order valence-corrected chi connectivity index (χ0v) is 8.56. The minimum atomic E-state index is 0.418. The standard InChI is InChI=1S/C11H21N/c1-11(2,3)9-12-10-7-5-4-6-8-10/h4-5,10,12H,6-9H2,1-3H3. The zero-order chi connectivity index (χ0) is 9.03. The van der Waals surface area contributed by atoms with E-state index in [-0.39, 0.29) is 0 Å². The van der Waals surface area contributed by atoms with Crippen LogP contribution in [0.1, 0.15) is 40.0 Å². The highest BCUT2D eigenvalue weighted by molar-refractivity contribution is 4.93. The fourth-order valence-corrected chi connectivity index (χ4v) is 1.43. The number of rotatable bonds is 2. The molecule has 1 aliphatic carbocycles. The van der Waals surface area contributed by atoms with Crippen molar-refractivity contribution < 1.29 is 0 Å². The lowest BCUT2D eigenvalue weighted by atomic mass is 9.95. The molecular weight excluding hydrogens is 146 g/mol. The van der Waals surface area contributed by atoms with E-state index in [1.54, 1.807) is 0 Å². The highest BCUT2D eigenvalue weighted by Crippen LogP contribution is 2.14. The lowest BCUT2D eigenvalue weighted by molar-refractivity contribution is 0.340. The lowest BCUT2D eigenvalue weighted by Crippen LogP contribution is -2.36. The van der Waals surface area contributed by atoms with Gasteiger partial charge in [-0.05, 0) is 24.7 Å². The highest BCUT2D eigenvalue weighted by Gasteiger charge is 2.14. The normalized spacial score (nSPS) is 24.4. The summed E-state index contributed by atoms with van der Waals surface area (Å²) in [6.07, 6.45) is 8.36. The van der Waals surface area contributed by atoms with Crippen molar-refractivity contribution in [2.45, 2.75) is 46.1 Å². The first-order valence-corrected chi connectivity index (χ1v) is 4.96. The minimum Gasteiger partial charge on any atom is -0.313 e. The molecule has 1 nitrogen and oxygen atoms in total. The Kier molecular flexibility index (Phi) is 3.33. The maximum absolute atomic E-state index is 3.61. The van der Waals surface area contributed by atoms with Crippen molar-refractivity contribution in [3.63, 3.8) is 0 Å². The number of nitrogens with one attached hydrogen (secondary N) is 1. The molecule has 0 aromatic rings. The Morgan fingerprint density at radius 3 is 2.58 bits per heavy atom. The van der Waals surface area contributed by atoms with Crippen molar-refractivity contribution in [3.05, 3.63) is 12.2 Å². The van der Waals surface area contributed by atoms with E-state index in [9.17, 15) is 0 Å². The average molecular weight is 167 g/mol. The summed E-state index contributed by atoms with van der Waals surface area (Å²) >= 11 is 0. The fourth-order valence-electron chi connectivity index (χ4n) is 1.43. The Morgan fingerprint density at radius 2 is 2.08 bits per heavy atom. The Balaban J connectivity index is 2.19. The van der Waals surface area contributed by atoms with Gasteiger partial charge in [0, 0.05) is 12.6 Å². The topological polar surface area (TPSA) is 12.0 Å². The number of hydrogen-bond acceptors (Lipinski definition) is 1. The molecule has 0 aromatic carbocycles. The second-order valence-electron chi connectivity index (χ2n) is 4.92. The predicted octanol–water partition coefficient (Wildman–Crippen LogP) is 2.73. The molecule has 0 amide bonds. The SMILES string of the molecule is CC(C)(C)CNC1CC=CCC1. The number of hydrogen-bond donors (Lipinski definition) is 1. The Morgan fingerprint density at radius 1 is 1.33 bits per heavy atom. The Hall–Kier alpha value is -0.300. The van der Waals surface area contributed by atoms with Crippen LogP contribution in [-0.2, 0) is 0 Å². The summed E-state index contributed by atoms with van der Waals surface area (Å²) in [5.74, 6) is 0. The Labute approximate surface area is 76.2 Å². The van der Waals surface area contributed by atoms with E-state index in [1.165, 1.54) is 19.3 Å². The summed E-state index contributed by atoms with van der Waals surface area (Å²) in [4.78, 5) is 0. The molecule has 1 rings (SSSR count). The van der Waals surface area contributed by atoms with Crippen molar-refractivity contribution in [2.24, 2.45) is 5.41 Å². The summed E-state index contributed by atoms with van der Waals surface area (Å²) in [5, 5.41) is 3.61. The van der Waals surface area contributed by atoms with Gasteiger partial charge in [0.2, 0.25) is 0 Å². The van der Waals surface area contributed by atoms with Gasteiger partial charge in [-0.3, -0.25) is 0 Å². The smallest absolute Gasteiger partial charge is 0.0105 e. The van der Waals surface area contributed by atoms with Gasteiger partial charge < -0.3 is 5.32 Å². The van der Waals surface area contributed by atoms with Gasteiger partial charge in [-0.2, -0.15) is 0 Å². The lowest BCUT2D eigenvalue weighted by Gasteiger charge is -2.25. The van der Waals surface area contributed by atoms with Crippen molar-refractivity contribution in [3.8, 4) is 0 Å². The summed E-state index contributed by atoms with van der Waals surface area (Å²) in [6.45, 7) is 7.96. The molecule has 12 heavy (non-hydrogen) atoms. The highest BCUT2D eigenvalue weighted by atomic mass is 14.9. The zero-order valence-electron chi connectivity index (χ0n) is 8.56. The molecule has 0 saturated heterocycles. The monoisotopic (exact) mass is 167 g/mol. The van der Waals surface area contributed by atoms with Gasteiger partial charge in [0.15, 0.2) is 0 Å². The van der Waals surface area contributed by atoms with Crippen LogP contribution in [0.4, 0.5) is 0 Å². The summed E-state index contributed by atoms with van der Waals surface area (Å²) in [5.41, 5.74) is 0.418. The first-order valence-electron chi connectivity index (χ1n) is 4.96. The maximum Gasteiger partial charge on any atom is 0.0105 e. The minimum absolute atomic E-state index is 0.418. The van der Waals surface area contributed by atoms with Crippen LogP contribution in [-0.4, -0.2) is 12.6 Å². The molecule has 0 saturated carbocycles. The van der Waals surface area contributed by atoms with Crippen LogP contribution in [0.2, 0.25) is 0 Å². The van der Waals surface area contributed by atoms with E-state index in [0.29, 0.717) is 5.41 Å². The van der Waals surface area contributed by atoms with E-state index in [0.717, 1.165) is 12.6 Å². The van der Waals surface area contributed by atoms with Crippen LogP contribution in [0.25, 0.3) is 0 Å². The van der Waals surface area contributed by atoms with E-state index >= 15 is 0 Å². The Bertz CT molecular complexity index is 153. The molecule has 1 aliphatic rings. The molecular formula is C11H21N. The fraction of sp³-hybridized carbons (Fsp3) is 0.818. The molecule has 0 aliphatic heterocycles. The molecule has 0 heterocycles. The molecule has 0 radical (unpaired) electrons. The van der Waals surface area contributed by atoms with Crippen molar-refractivity contribution in [2.75, 3.05) is 6.54 Å². The molecule has 1 heteroatoms. The van der Waals surface area contributed by atoms with Crippen LogP contribution in [0.5, 0.6) is 0 Å². The van der Waals surface area contributed by atoms with Gasteiger partial charge in [0.25, 0.3) is 0 Å². The molecule has 1 N–H and O–H groups in total. The van der Waals surface area contributed by atoms with E-state index < -0.39 is 0 Å². The first-order chi connectivity index (χ1) is 5.58. The second kappa shape index (κ2) is 4.08. The van der Waals surface area contributed by atoms with Gasteiger partial charge in [-0.1, -0.05) is 32.9 Å². The van der Waals surface area contributed by atoms with Gasteiger partial charge in [0.1, 0.15) is 0 Å². The van der Waals surface area contributed by atoms with Crippen molar-refractivity contribution in [1.29, 1.82) is 0 Å². The van der Waals surface area contributed by atoms with Crippen LogP contribution in [0.3, 0.4) is 0 Å². The van der Waals surface area contributed by atoms with E-state index in [4.69, 9.17) is 0 Å². The number of allylic oxidation sites excluding steroid dienone is 1. The van der Waals surface area contributed by atoms with Crippen LogP contribution in [0.15, 0.2) is 12.2 Å². The van der Waals surface area contributed by atoms with Gasteiger partial charge in [0.05, 0.1) is 0 Å². The third-order valence-corrected chi connectivity index (χ3v) is 2.19. The third kappa shape index (κ3) is 3.91. The molecule has 0 aromatic heterocycles. The molecule has 0 spiro atoms. The molecule has 70 valence electrons. The second-order valence-corrected chi connectivity index (χ2v) is 4.92. The largest absolute Gasteiger partial charge is 0.313 e. The predicted molar refractivity (Wildman–Crippen MR) is 54.2 cm³/mol. The molecule has 0 bridgehead atoms. The van der Waals surface area contributed by atoms with E-state index in [2.05, 4.69) is 38.2 Å². The van der Waals surface area contributed by atoms with Crippen molar-refractivity contribution >= 4 is 0 Å². The van der Waals surface area contributed by atoms with Crippen molar-refractivity contribution in [1.82, 2.24) is 5.32 Å². The molecule has 0 fully saturated rings. The van der Waals surface area contributed by atoms with Gasteiger partial charge in [-0.25, -0.2) is 0 Å². The quantitative estimate of drug-likeness (QED) is 0.624.